The van der Waals surface area contributed by atoms with Gasteiger partial charge >= 0.3 is 0 Å². The van der Waals surface area contributed by atoms with Crippen molar-refractivity contribution >= 4 is 10.9 Å². The molecule has 2 aliphatic rings. The Labute approximate surface area is 154 Å². The van der Waals surface area contributed by atoms with Crippen LogP contribution < -0.4 is 0 Å². The normalized spacial score (nSPS) is 22.1. The van der Waals surface area contributed by atoms with Crippen LogP contribution in [0.15, 0.2) is 30.3 Å². The maximum atomic E-state index is 4.37. The molecule has 2 bridgehead atoms. The minimum atomic E-state index is 0.591. The molecule has 0 spiro atoms. The second kappa shape index (κ2) is 5.92. The van der Waals surface area contributed by atoms with Gasteiger partial charge in [-0.05, 0) is 63.6 Å². The van der Waals surface area contributed by atoms with Crippen LogP contribution in [0.4, 0.5) is 0 Å². The zero-order valence-electron chi connectivity index (χ0n) is 15.9. The fourth-order valence-corrected chi connectivity index (χ4v) is 5.01. The molecule has 2 aliphatic heterocycles. The average Bonchev–Trinajstić information content (AvgIpc) is 3.04. The third-order valence-electron chi connectivity index (χ3n) is 6.42. The zero-order chi connectivity index (χ0) is 17.8. The Morgan fingerprint density at radius 2 is 1.96 bits per heavy atom. The lowest BCUT2D eigenvalue weighted by atomic mass is 9.97. The van der Waals surface area contributed by atoms with E-state index in [0.717, 1.165) is 24.4 Å². The SMILES string of the molecule is Cc1ccc2c(c1)c1c(n2CCc2ccc(C)nn2)C[C@H]2CC[C@@H]1N2C. The summed E-state index contributed by atoms with van der Waals surface area (Å²) in [5.41, 5.74) is 7.96. The van der Waals surface area contributed by atoms with Crippen LogP contribution in [0.2, 0.25) is 0 Å². The summed E-state index contributed by atoms with van der Waals surface area (Å²) >= 11 is 0. The monoisotopic (exact) mass is 346 g/mol. The number of aryl methyl sites for hydroxylation is 4. The molecule has 2 atom stereocenters. The van der Waals surface area contributed by atoms with Gasteiger partial charge < -0.3 is 4.57 Å². The first kappa shape index (κ1) is 16.0. The molecule has 4 nitrogen and oxygen atoms in total. The molecular weight excluding hydrogens is 320 g/mol. The summed E-state index contributed by atoms with van der Waals surface area (Å²) < 4.78 is 2.57. The van der Waals surface area contributed by atoms with Gasteiger partial charge in [-0.3, -0.25) is 4.90 Å². The number of nitrogens with zero attached hydrogens (tertiary/aromatic N) is 4. The van der Waals surface area contributed by atoms with E-state index in [1.165, 1.54) is 35.7 Å². The van der Waals surface area contributed by atoms with E-state index in [1.807, 2.05) is 6.92 Å². The maximum absolute atomic E-state index is 4.37. The standard InChI is InChI=1S/C22H26N4/c1-14-4-8-19-18(12-14)22-20-9-7-17(25(20)3)13-21(22)26(19)11-10-16-6-5-15(2)23-24-16/h4-6,8,12,17,20H,7,9-11,13H2,1-3H3/t17-,20+/m1/s1. The average molecular weight is 346 g/mol. The van der Waals surface area contributed by atoms with E-state index in [-0.39, 0.29) is 0 Å². The van der Waals surface area contributed by atoms with E-state index in [9.17, 15) is 0 Å². The van der Waals surface area contributed by atoms with Gasteiger partial charge in [0.05, 0.1) is 11.4 Å². The minimum Gasteiger partial charge on any atom is -0.344 e. The summed E-state index contributed by atoms with van der Waals surface area (Å²) in [4.78, 5) is 2.61. The molecular formula is C22H26N4. The maximum Gasteiger partial charge on any atom is 0.0649 e. The highest BCUT2D eigenvalue weighted by Crippen LogP contribution is 2.46. The third-order valence-corrected chi connectivity index (χ3v) is 6.42. The quantitative estimate of drug-likeness (QED) is 0.719. The molecule has 0 saturated carbocycles. The van der Waals surface area contributed by atoms with Crippen molar-refractivity contribution < 1.29 is 0 Å². The molecule has 4 heteroatoms. The molecule has 26 heavy (non-hydrogen) atoms. The number of hydrogen-bond acceptors (Lipinski definition) is 3. The molecule has 0 N–H and O–H groups in total. The molecule has 0 unspecified atom stereocenters. The van der Waals surface area contributed by atoms with Crippen LogP contribution in [0.3, 0.4) is 0 Å². The van der Waals surface area contributed by atoms with Crippen molar-refractivity contribution in [3.8, 4) is 0 Å². The molecule has 3 aromatic rings. The van der Waals surface area contributed by atoms with E-state index in [1.54, 1.807) is 11.3 Å². The van der Waals surface area contributed by atoms with Crippen LogP contribution >= 0.6 is 0 Å². The topological polar surface area (TPSA) is 34.0 Å². The van der Waals surface area contributed by atoms with Crippen molar-refractivity contribution in [3.05, 3.63) is 58.5 Å². The largest absolute Gasteiger partial charge is 0.344 e. The number of likely N-dealkylation sites (N-methyl/N-ethyl adjacent to an activating group) is 1. The van der Waals surface area contributed by atoms with Crippen LogP contribution in [0, 0.1) is 13.8 Å². The second-order valence-corrected chi connectivity index (χ2v) is 8.07. The van der Waals surface area contributed by atoms with Gasteiger partial charge in [0.15, 0.2) is 0 Å². The molecule has 4 heterocycles. The summed E-state index contributed by atoms with van der Waals surface area (Å²) in [5, 5.41) is 10.1. The molecule has 5 rings (SSSR count). The molecule has 1 aromatic carbocycles. The third kappa shape index (κ3) is 2.39. The second-order valence-electron chi connectivity index (χ2n) is 8.07. The molecule has 2 aromatic heterocycles. The lowest BCUT2D eigenvalue weighted by Crippen LogP contribution is -2.34. The highest BCUT2D eigenvalue weighted by Gasteiger charge is 2.40. The minimum absolute atomic E-state index is 0.591. The predicted molar refractivity (Wildman–Crippen MR) is 104 cm³/mol. The number of hydrogen-bond donors (Lipinski definition) is 0. The lowest BCUT2D eigenvalue weighted by molar-refractivity contribution is 0.222. The van der Waals surface area contributed by atoms with Crippen LogP contribution in [-0.4, -0.2) is 32.8 Å². The van der Waals surface area contributed by atoms with Gasteiger partial charge in [-0.15, -0.1) is 0 Å². The van der Waals surface area contributed by atoms with Gasteiger partial charge in [0.1, 0.15) is 0 Å². The fraction of sp³-hybridized carbons (Fsp3) is 0.455. The molecule has 1 saturated heterocycles. The first-order valence-electron chi connectivity index (χ1n) is 9.74. The Bertz CT molecular complexity index is 970. The Morgan fingerprint density at radius 1 is 1.08 bits per heavy atom. The smallest absolute Gasteiger partial charge is 0.0649 e. The van der Waals surface area contributed by atoms with Crippen molar-refractivity contribution in [1.82, 2.24) is 19.7 Å². The zero-order valence-corrected chi connectivity index (χ0v) is 15.9. The summed E-state index contributed by atoms with van der Waals surface area (Å²) in [5.74, 6) is 0. The highest BCUT2D eigenvalue weighted by molar-refractivity contribution is 5.87. The Kier molecular flexibility index (Phi) is 3.64. The molecule has 0 aliphatic carbocycles. The number of fused-ring (bicyclic) bond motifs is 6. The van der Waals surface area contributed by atoms with Gasteiger partial charge in [-0.25, -0.2) is 0 Å². The van der Waals surface area contributed by atoms with Crippen LogP contribution in [0.25, 0.3) is 10.9 Å². The van der Waals surface area contributed by atoms with Crippen LogP contribution in [-0.2, 0) is 19.4 Å². The van der Waals surface area contributed by atoms with E-state index >= 15 is 0 Å². The van der Waals surface area contributed by atoms with Crippen molar-refractivity contribution in [1.29, 1.82) is 0 Å². The predicted octanol–water partition coefficient (Wildman–Crippen LogP) is 3.98. The Hall–Kier alpha value is -2.20. The molecule has 0 radical (unpaired) electrons. The lowest BCUT2D eigenvalue weighted by Gasteiger charge is -2.32. The first-order chi connectivity index (χ1) is 12.6. The molecule has 134 valence electrons. The Morgan fingerprint density at radius 3 is 2.77 bits per heavy atom. The molecule has 1 fully saturated rings. The number of aromatic nitrogens is 3. The summed E-state index contributed by atoms with van der Waals surface area (Å²) in [6.07, 6.45) is 4.73. The van der Waals surface area contributed by atoms with Gasteiger partial charge in [-0.2, -0.15) is 10.2 Å². The summed E-state index contributed by atoms with van der Waals surface area (Å²) in [6.45, 7) is 5.17. The van der Waals surface area contributed by atoms with E-state index in [0.29, 0.717) is 12.1 Å². The van der Waals surface area contributed by atoms with Gasteiger partial charge in [0, 0.05) is 48.1 Å². The fourth-order valence-electron chi connectivity index (χ4n) is 5.01. The van der Waals surface area contributed by atoms with Gasteiger partial charge in [0.2, 0.25) is 0 Å². The van der Waals surface area contributed by atoms with Gasteiger partial charge in [0.25, 0.3) is 0 Å². The molecule has 0 amide bonds. The van der Waals surface area contributed by atoms with E-state index in [2.05, 4.69) is 64.0 Å². The van der Waals surface area contributed by atoms with Crippen molar-refractivity contribution in [3.63, 3.8) is 0 Å². The Balaban J connectivity index is 1.59. The van der Waals surface area contributed by atoms with E-state index < -0.39 is 0 Å². The first-order valence-corrected chi connectivity index (χ1v) is 9.74. The number of benzene rings is 1. The summed E-state index contributed by atoms with van der Waals surface area (Å²) in [6, 6.07) is 12.4. The van der Waals surface area contributed by atoms with Crippen LogP contribution in [0.5, 0.6) is 0 Å². The number of rotatable bonds is 3. The summed E-state index contributed by atoms with van der Waals surface area (Å²) in [7, 11) is 2.31. The van der Waals surface area contributed by atoms with Crippen LogP contribution in [0.1, 0.15) is 47.1 Å². The van der Waals surface area contributed by atoms with Crippen molar-refractivity contribution in [2.45, 2.75) is 58.2 Å². The van der Waals surface area contributed by atoms with Crippen molar-refractivity contribution in [2.75, 3.05) is 7.05 Å². The van der Waals surface area contributed by atoms with Gasteiger partial charge in [-0.1, -0.05) is 11.6 Å². The van der Waals surface area contributed by atoms with Crippen molar-refractivity contribution in [2.24, 2.45) is 0 Å². The highest BCUT2D eigenvalue weighted by atomic mass is 15.2. The van der Waals surface area contributed by atoms with E-state index in [4.69, 9.17) is 0 Å².